The molecule has 0 aliphatic rings. The van der Waals surface area contributed by atoms with Crippen molar-refractivity contribution in [3.63, 3.8) is 0 Å². The molecular weight excluding hydrogens is 260 g/mol. The Hall–Kier alpha value is -1.35. The van der Waals surface area contributed by atoms with Crippen LogP contribution in [0.25, 0.3) is 0 Å². The van der Waals surface area contributed by atoms with E-state index in [-0.39, 0.29) is 5.91 Å². The average molecular weight is 290 g/mol. The Morgan fingerprint density at radius 3 is 2.24 bits per heavy atom. The third-order valence-corrected chi connectivity index (χ3v) is 3.88. The first kappa shape index (κ1) is 17.7. The highest BCUT2D eigenvalue weighted by molar-refractivity contribution is 5.76. The largest absolute Gasteiger partial charge is 0.341 e. The number of carbonyl (C=O) groups excluding carboxylic acids is 1. The normalized spacial score (nSPS) is 12.5. The van der Waals surface area contributed by atoms with E-state index in [4.69, 9.17) is 5.73 Å². The number of nitrogens with two attached hydrogens (primary N) is 1. The molecule has 3 heteroatoms. The summed E-state index contributed by atoms with van der Waals surface area (Å²) in [6, 6.07) is 8.48. The van der Waals surface area contributed by atoms with Gasteiger partial charge in [0.05, 0.1) is 0 Å². The number of amides is 1. The quantitative estimate of drug-likeness (QED) is 0.799. The number of hydrogen-bond acceptors (Lipinski definition) is 2. The third kappa shape index (κ3) is 6.30. The summed E-state index contributed by atoms with van der Waals surface area (Å²) in [5, 5.41) is 0. The summed E-state index contributed by atoms with van der Waals surface area (Å²) in [6.45, 7) is 7.75. The molecule has 1 amide bonds. The van der Waals surface area contributed by atoms with Gasteiger partial charge in [0, 0.05) is 20.0 Å². The van der Waals surface area contributed by atoms with Gasteiger partial charge < -0.3 is 10.6 Å². The lowest BCUT2D eigenvalue weighted by molar-refractivity contribution is -0.131. The Kier molecular flexibility index (Phi) is 7.44. The van der Waals surface area contributed by atoms with Crippen LogP contribution < -0.4 is 5.73 Å². The minimum absolute atomic E-state index is 0.186. The van der Waals surface area contributed by atoms with Crippen LogP contribution in [0.2, 0.25) is 0 Å². The van der Waals surface area contributed by atoms with E-state index in [1.807, 2.05) is 11.9 Å². The van der Waals surface area contributed by atoms with Crippen LogP contribution in [0.3, 0.4) is 0 Å². The van der Waals surface area contributed by atoms with Crippen molar-refractivity contribution >= 4 is 5.91 Å². The molecule has 0 aromatic heterocycles. The maximum Gasteiger partial charge on any atom is 0.222 e. The van der Waals surface area contributed by atoms with Gasteiger partial charge in [-0.1, -0.05) is 45.0 Å². The van der Waals surface area contributed by atoms with E-state index < -0.39 is 0 Å². The van der Waals surface area contributed by atoms with Gasteiger partial charge in [-0.15, -0.1) is 0 Å². The van der Waals surface area contributed by atoms with Gasteiger partial charge in [0.25, 0.3) is 0 Å². The van der Waals surface area contributed by atoms with E-state index in [2.05, 4.69) is 45.0 Å². The molecule has 1 atom stereocenters. The summed E-state index contributed by atoms with van der Waals surface area (Å²) in [5.41, 5.74) is 8.29. The van der Waals surface area contributed by atoms with Gasteiger partial charge in [0.2, 0.25) is 5.91 Å². The van der Waals surface area contributed by atoms with Crippen LogP contribution in [0.15, 0.2) is 24.3 Å². The van der Waals surface area contributed by atoms with Crippen molar-refractivity contribution in [1.82, 2.24) is 4.90 Å². The fourth-order valence-corrected chi connectivity index (χ4v) is 2.57. The molecule has 2 N–H and O–H groups in total. The molecule has 0 heterocycles. The molecule has 0 saturated heterocycles. The number of aryl methyl sites for hydroxylation is 1. The van der Waals surface area contributed by atoms with Crippen LogP contribution >= 0.6 is 0 Å². The molecule has 1 aromatic rings. The van der Waals surface area contributed by atoms with Gasteiger partial charge >= 0.3 is 0 Å². The highest BCUT2D eigenvalue weighted by atomic mass is 16.2. The Morgan fingerprint density at radius 1 is 1.19 bits per heavy atom. The summed E-state index contributed by atoms with van der Waals surface area (Å²) in [5.74, 6) is 1.06. The molecule has 0 aliphatic heterocycles. The second-order valence-electron chi connectivity index (χ2n) is 6.36. The Bertz CT molecular complexity index is 425. The highest BCUT2D eigenvalue weighted by Gasteiger charge is 2.17. The van der Waals surface area contributed by atoms with Gasteiger partial charge in [-0.05, 0) is 42.3 Å². The first-order chi connectivity index (χ1) is 9.96. The first-order valence-electron chi connectivity index (χ1n) is 7.98. The smallest absolute Gasteiger partial charge is 0.222 e. The molecule has 3 nitrogen and oxygen atoms in total. The second-order valence-corrected chi connectivity index (χ2v) is 6.36. The molecule has 21 heavy (non-hydrogen) atoms. The van der Waals surface area contributed by atoms with E-state index in [1.54, 1.807) is 0 Å². The maximum atomic E-state index is 12.3. The molecule has 0 fully saturated rings. The minimum Gasteiger partial charge on any atom is -0.341 e. The number of hydrogen-bond donors (Lipinski definition) is 1. The number of benzene rings is 1. The molecule has 0 saturated carbocycles. The molecule has 0 unspecified atom stereocenters. The zero-order valence-corrected chi connectivity index (χ0v) is 13.9. The molecule has 0 radical (unpaired) electrons. The van der Waals surface area contributed by atoms with Crippen molar-refractivity contribution in [2.75, 3.05) is 13.6 Å². The van der Waals surface area contributed by atoms with Crippen LogP contribution in [0, 0.1) is 11.8 Å². The van der Waals surface area contributed by atoms with Gasteiger partial charge in [-0.25, -0.2) is 0 Å². The number of carbonyl (C=O) groups is 1. The molecule has 1 rings (SSSR count). The summed E-state index contributed by atoms with van der Waals surface area (Å²) in [7, 11) is 1.87. The number of rotatable bonds is 8. The van der Waals surface area contributed by atoms with Crippen LogP contribution in [-0.2, 0) is 17.8 Å². The topological polar surface area (TPSA) is 46.3 Å². The molecule has 0 spiro atoms. The molecule has 0 aliphatic carbocycles. The van der Waals surface area contributed by atoms with Crippen molar-refractivity contribution in [3.8, 4) is 0 Å². The highest BCUT2D eigenvalue weighted by Crippen LogP contribution is 2.16. The first-order valence-corrected chi connectivity index (χ1v) is 7.98. The predicted molar refractivity (Wildman–Crippen MR) is 88.9 cm³/mol. The van der Waals surface area contributed by atoms with Crippen molar-refractivity contribution in [2.45, 2.75) is 46.6 Å². The molecule has 118 valence electrons. The predicted octanol–water partition coefficient (Wildman–Crippen LogP) is 3.22. The zero-order chi connectivity index (χ0) is 15.8. The van der Waals surface area contributed by atoms with Crippen LogP contribution in [0.1, 0.15) is 44.7 Å². The molecular formula is C18H30N2O. The van der Waals surface area contributed by atoms with Crippen molar-refractivity contribution in [3.05, 3.63) is 35.4 Å². The van der Waals surface area contributed by atoms with E-state index in [0.29, 0.717) is 31.3 Å². The second kappa shape index (κ2) is 8.83. The Morgan fingerprint density at radius 2 is 1.76 bits per heavy atom. The lowest BCUT2D eigenvalue weighted by atomic mass is 9.94. The Labute approximate surface area is 129 Å². The zero-order valence-electron chi connectivity index (χ0n) is 13.9. The number of nitrogens with zero attached hydrogens (tertiary/aromatic N) is 1. The lowest BCUT2D eigenvalue weighted by Gasteiger charge is -2.22. The van der Waals surface area contributed by atoms with E-state index in [1.165, 1.54) is 11.1 Å². The summed E-state index contributed by atoms with van der Waals surface area (Å²) in [4.78, 5) is 14.1. The summed E-state index contributed by atoms with van der Waals surface area (Å²) >= 11 is 0. The standard InChI is InChI=1S/C18H30N2O/c1-5-15-6-8-16(9-7-15)13-20(4)18(21)11-17(12-19)10-14(2)3/h6-9,14,17H,5,10-13,19H2,1-4H3/t17-/m0/s1. The maximum absolute atomic E-state index is 12.3. The third-order valence-electron chi connectivity index (χ3n) is 3.88. The van der Waals surface area contributed by atoms with Gasteiger partial charge in [-0.2, -0.15) is 0 Å². The van der Waals surface area contributed by atoms with Crippen molar-refractivity contribution < 1.29 is 4.79 Å². The monoisotopic (exact) mass is 290 g/mol. The molecule has 1 aromatic carbocycles. The SMILES string of the molecule is CCc1ccc(CN(C)C(=O)C[C@@H](CN)CC(C)C)cc1. The van der Waals surface area contributed by atoms with E-state index in [9.17, 15) is 4.79 Å². The van der Waals surface area contributed by atoms with Gasteiger partial charge in [-0.3, -0.25) is 4.79 Å². The minimum atomic E-state index is 0.186. The molecule has 0 bridgehead atoms. The van der Waals surface area contributed by atoms with Crippen molar-refractivity contribution in [1.29, 1.82) is 0 Å². The van der Waals surface area contributed by atoms with E-state index in [0.717, 1.165) is 12.8 Å². The Balaban J connectivity index is 2.52. The fourth-order valence-electron chi connectivity index (χ4n) is 2.57. The van der Waals surface area contributed by atoms with Crippen LogP contribution in [0.4, 0.5) is 0 Å². The van der Waals surface area contributed by atoms with Gasteiger partial charge in [0.15, 0.2) is 0 Å². The van der Waals surface area contributed by atoms with E-state index >= 15 is 0 Å². The van der Waals surface area contributed by atoms with Gasteiger partial charge in [0.1, 0.15) is 0 Å². The van der Waals surface area contributed by atoms with Crippen LogP contribution in [0.5, 0.6) is 0 Å². The fraction of sp³-hybridized carbons (Fsp3) is 0.611. The summed E-state index contributed by atoms with van der Waals surface area (Å²) < 4.78 is 0. The average Bonchev–Trinajstić information content (AvgIpc) is 2.46. The van der Waals surface area contributed by atoms with Crippen molar-refractivity contribution in [2.24, 2.45) is 17.6 Å². The summed E-state index contributed by atoms with van der Waals surface area (Å²) in [6.07, 6.45) is 2.61. The lowest BCUT2D eigenvalue weighted by Crippen LogP contribution is -2.30. The van der Waals surface area contributed by atoms with Crippen LogP contribution in [-0.4, -0.2) is 24.4 Å².